The molecule has 0 spiro atoms. The van der Waals surface area contributed by atoms with E-state index in [2.05, 4.69) is 17.2 Å². The largest absolute Gasteiger partial charge is 0.341 e. The molecule has 2 fully saturated rings. The Morgan fingerprint density at radius 2 is 2.08 bits per heavy atom. The highest BCUT2D eigenvalue weighted by molar-refractivity contribution is 5.88. The molecule has 0 saturated carbocycles. The lowest BCUT2D eigenvalue weighted by molar-refractivity contribution is -0.146. The Labute approximate surface area is 143 Å². The van der Waals surface area contributed by atoms with Gasteiger partial charge in [-0.3, -0.25) is 9.59 Å². The molecule has 0 bridgehead atoms. The number of likely N-dealkylation sites (tertiary alicyclic amines) is 1. The molecule has 0 aromatic carbocycles. The van der Waals surface area contributed by atoms with E-state index in [4.69, 9.17) is 0 Å². The first kappa shape index (κ1) is 17.0. The number of carbonyl (C=O) groups is 2. The summed E-state index contributed by atoms with van der Waals surface area (Å²) in [6.07, 6.45) is 7.09. The molecule has 1 atom stereocenters. The molecule has 2 aliphatic rings. The van der Waals surface area contributed by atoms with Gasteiger partial charge in [-0.1, -0.05) is 6.92 Å². The Morgan fingerprint density at radius 1 is 1.29 bits per heavy atom. The Kier molecular flexibility index (Phi) is 5.50. The molecule has 0 aliphatic carbocycles. The topological polar surface area (TPSA) is 70.5 Å². The van der Waals surface area contributed by atoms with Crippen LogP contribution in [0.1, 0.15) is 32.0 Å². The van der Waals surface area contributed by atoms with Gasteiger partial charge in [0.1, 0.15) is 11.9 Å². The molecular formula is C17H27N5O2. The molecule has 0 radical (unpaired) electrons. The first-order chi connectivity index (χ1) is 11.7. The van der Waals surface area contributed by atoms with Gasteiger partial charge >= 0.3 is 0 Å². The summed E-state index contributed by atoms with van der Waals surface area (Å²) in [6, 6.07) is -0.349. The van der Waals surface area contributed by atoms with Crippen molar-refractivity contribution in [2.45, 2.75) is 45.2 Å². The Morgan fingerprint density at radius 3 is 2.83 bits per heavy atom. The maximum absolute atomic E-state index is 12.7. The van der Waals surface area contributed by atoms with Gasteiger partial charge in [-0.05, 0) is 12.8 Å². The molecule has 1 unspecified atom stereocenters. The average molecular weight is 333 g/mol. The van der Waals surface area contributed by atoms with Crippen molar-refractivity contribution in [1.82, 2.24) is 24.7 Å². The van der Waals surface area contributed by atoms with Crippen LogP contribution in [0.15, 0.2) is 12.4 Å². The maximum atomic E-state index is 12.7. The van der Waals surface area contributed by atoms with Crippen LogP contribution in [-0.4, -0.2) is 69.9 Å². The van der Waals surface area contributed by atoms with Crippen LogP contribution in [0.5, 0.6) is 0 Å². The number of nitrogens with one attached hydrogen (secondary N) is 1. The summed E-state index contributed by atoms with van der Waals surface area (Å²) >= 11 is 0. The number of piperazine rings is 1. The highest BCUT2D eigenvalue weighted by Gasteiger charge is 2.35. The van der Waals surface area contributed by atoms with Gasteiger partial charge in [0.2, 0.25) is 11.8 Å². The first-order valence-electron chi connectivity index (χ1n) is 8.99. The second-order valence-corrected chi connectivity index (χ2v) is 6.48. The van der Waals surface area contributed by atoms with Crippen LogP contribution in [-0.2, 0) is 22.6 Å². The summed E-state index contributed by atoms with van der Waals surface area (Å²) in [7, 11) is 0. The standard InChI is InChI=1S/C17H27N5O2/c1-2-15-19-7-11-20(15)10-5-16(23)22-12-6-18-13-14(22)17(24)21-8-3-4-9-21/h7,11,14,18H,2-6,8-10,12-13H2,1H3. The number of hydrogen-bond donors (Lipinski definition) is 1. The zero-order chi connectivity index (χ0) is 16.9. The molecule has 7 heteroatoms. The smallest absolute Gasteiger partial charge is 0.246 e. The molecule has 2 saturated heterocycles. The van der Waals surface area contributed by atoms with E-state index in [-0.39, 0.29) is 17.9 Å². The third kappa shape index (κ3) is 3.61. The fourth-order valence-corrected chi connectivity index (χ4v) is 3.59. The van der Waals surface area contributed by atoms with Crippen molar-refractivity contribution in [3.63, 3.8) is 0 Å². The van der Waals surface area contributed by atoms with Gasteiger partial charge in [0.25, 0.3) is 0 Å². The van der Waals surface area contributed by atoms with Crippen LogP contribution in [0.3, 0.4) is 0 Å². The average Bonchev–Trinajstić information content (AvgIpc) is 3.30. The summed E-state index contributed by atoms with van der Waals surface area (Å²) in [4.78, 5) is 33.4. The van der Waals surface area contributed by atoms with Gasteiger partial charge in [0, 0.05) is 64.5 Å². The van der Waals surface area contributed by atoms with E-state index in [0.717, 1.165) is 44.7 Å². The highest BCUT2D eigenvalue weighted by Crippen LogP contribution is 2.15. The van der Waals surface area contributed by atoms with Crippen molar-refractivity contribution >= 4 is 11.8 Å². The third-order valence-corrected chi connectivity index (χ3v) is 4.95. The fraction of sp³-hybridized carbons (Fsp3) is 0.706. The highest BCUT2D eigenvalue weighted by atomic mass is 16.2. The van der Waals surface area contributed by atoms with Crippen LogP contribution in [0.2, 0.25) is 0 Å². The zero-order valence-electron chi connectivity index (χ0n) is 14.4. The van der Waals surface area contributed by atoms with Crippen molar-refractivity contribution in [2.24, 2.45) is 0 Å². The van der Waals surface area contributed by atoms with Crippen LogP contribution in [0.25, 0.3) is 0 Å². The summed E-state index contributed by atoms with van der Waals surface area (Å²) in [6.45, 7) is 6.25. The summed E-state index contributed by atoms with van der Waals surface area (Å²) in [5, 5.41) is 3.26. The molecule has 1 aromatic rings. The quantitative estimate of drug-likeness (QED) is 0.839. The van der Waals surface area contributed by atoms with Crippen LogP contribution in [0, 0.1) is 0 Å². The molecule has 24 heavy (non-hydrogen) atoms. The number of aromatic nitrogens is 2. The number of nitrogens with zero attached hydrogens (tertiary/aromatic N) is 4. The van der Waals surface area contributed by atoms with Gasteiger partial charge in [-0.2, -0.15) is 0 Å². The van der Waals surface area contributed by atoms with E-state index >= 15 is 0 Å². The molecule has 132 valence electrons. The van der Waals surface area contributed by atoms with Crippen LogP contribution >= 0.6 is 0 Å². The van der Waals surface area contributed by atoms with Crippen molar-refractivity contribution in [2.75, 3.05) is 32.7 Å². The second-order valence-electron chi connectivity index (χ2n) is 6.48. The Bertz CT molecular complexity index is 579. The minimum absolute atomic E-state index is 0.0600. The van der Waals surface area contributed by atoms with Crippen LogP contribution in [0.4, 0.5) is 0 Å². The van der Waals surface area contributed by atoms with Gasteiger partial charge in [-0.25, -0.2) is 4.98 Å². The lowest BCUT2D eigenvalue weighted by atomic mass is 10.1. The predicted octanol–water partition coefficient (Wildman–Crippen LogP) is 0.258. The number of carbonyl (C=O) groups excluding carboxylic acids is 2. The van der Waals surface area contributed by atoms with Gasteiger partial charge < -0.3 is 19.7 Å². The lowest BCUT2D eigenvalue weighted by Crippen LogP contribution is -2.60. The Hall–Kier alpha value is -1.89. The lowest BCUT2D eigenvalue weighted by Gasteiger charge is -2.37. The normalized spacial score (nSPS) is 21.3. The van der Waals surface area contributed by atoms with Crippen molar-refractivity contribution in [3.05, 3.63) is 18.2 Å². The molecule has 1 N–H and O–H groups in total. The molecule has 2 aliphatic heterocycles. The van der Waals surface area contributed by atoms with E-state index < -0.39 is 0 Å². The van der Waals surface area contributed by atoms with Gasteiger partial charge in [0.05, 0.1) is 0 Å². The number of hydrogen-bond acceptors (Lipinski definition) is 4. The minimum atomic E-state index is -0.349. The van der Waals surface area contributed by atoms with E-state index in [1.54, 1.807) is 11.1 Å². The molecule has 1 aromatic heterocycles. The van der Waals surface area contributed by atoms with E-state index in [1.807, 2.05) is 15.7 Å². The van der Waals surface area contributed by atoms with Gasteiger partial charge in [-0.15, -0.1) is 0 Å². The molecule has 3 rings (SSSR count). The summed E-state index contributed by atoms with van der Waals surface area (Å²) in [5.41, 5.74) is 0. The van der Waals surface area contributed by atoms with E-state index in [9.17, 15) is 9.59 Å². The van der Waals surface area contributed by atoms with Crippen molar-refractivity contribution < 1.29 is 9.59 Å². The minimum Gasteiger partial charge on any atom is -0.341 e. The molecular weight excluding hydrogens is 306 g/mol. The monoisotopic (exact) mass is 333 g/mol. The SMILES string of the molecule is CCc1nccn1CCC(=O)N1CCNCC1C(=O)N1CCCC1. The summed E-state index contributed by atoms with van der Waals surface area (Å²) < 4.78 is 2.03. The summed E-state index contributed by atoms with van der Waals surface area (Å²) in [5.74, 6) is 1.16. The van der Waals surface area contributed by atoms with Gasteiger partial charge in [0.15, 0.2) is 0 Å². The second kappa shape index (κ2) is 7.79. The number of imidazole rings is 1. The van der Waals surface area contributed by atoms with E-state index in [1.165, 1.54) is 0 Å². The Balaban J connectivity index is 1.61. The number of rotatable bonds is 5. The number of aryl methyl sites for hydroxylation is 2. The fourth-order valence-electron chi connectivity index (χ4n) is 3.59. The molecule has 7 nitrogen and oxygen atoms in total. The van der Waals surface area contributed by atoms with Crippen LogP contribution < -0.4 is 5.32 Å². The maximum Gasteiger partial charge on any atom is 0.246 e. The van der Waals surface area contributed by atoms with E-state index in [0.29, 0.717) is 26.1 Å². The first-order valence-corrected chi connectivity index (χ1v) is 8.99. The predicted molar refractivity (Wildman–Crippen MR) is 90.4 cm³/mol. The van der Waals surface area contributed by atoms with Crippen molar-refractivity contribution in [3.8, 4) is 0 Å². The third-order valence-electron chi connectivity index (χ3n) is 4.95. The molecule has 3 heterocycles. The zero-order valence-corrected chi connectivity index (χ0v) is 14.4. The molecule has 2 amide bonds. The van der Waals surface area contributed by atoms with Crippen molar-refractivity contribution in [1.29, 1.82) is 0 Å². The number of amides is 2.